The van der Waals surface area contributed by atoms with E-state index in [1.54, 1.807) is 22.9 Å². The Morgan fingerprint density at radius 2 is 2.00 bits per heavy atom. The van der Waals surface area contributed by atoms with E-state index in [1.165, 1.54) is 4.68 Å². The number of amides is 3. The van der Waals surface area contributed by atoms with E-state index in [0.29, 0.717) is 32.5 Å². The second kappa shape index (κ2) is 8.79. The molecular weight excluding hydrogens is 398 g/mol. The molecule has 0 bridgehead atoms. The molecule has 0 spiro atoms. The topological polar surface area (TPSA) is 96.8 Å². The first-order valence-electron chi connectivity index (χ1n) is 10.6. The summed E-state index contributed by atoms with van der Waals surface area (Å²) >= 11 is 0. The third-order valence-corrected chi connectivity index (χ3v) is 5.71. The van der Waals surface area contributed by atoms with Crippen molar-refractivity contribution in [2.24, 2.45) is 7.05 Å². The Bertz CT molecular complexity index is 1030. The van der Waals surface area contributed by atoms with Gasteiger partial charge in [-0.05, 0) is 56.0 Å². The minimum atomic E-state index is -0.188. The second-order valence-corrected chi connectivity index (χ2v) is 7.87. The van der Waals surface area contributed by atoms with Gasteiger partial charge in [-0.3, -0.25) is 14.5 Å². The molecule has 1 saturated heterocycles. The summed E-state index contributed by atoms with van der Waals surface area (Å²) in [5, 5.41) is 7.31. The van der Waals surface area contributed by atoms with Crippen LogP contribution in [0.2, 0.25) is 0 Å². The third kappa shape index (κ3) is 4.55. The standard InChI is InChI=1S/C22H27N5O4/c1-3-31-18-7-5-17(6-8-18)27-11-10-26(22(27)30)14-20(28)23-16-4-9-19-15(12-16)13-21(29)25(2)24-19/h5-8,13,16H,3-4,9-12,14H2,1-2H3,(H,23,28). The van der Waals surface area contributed by atoms with Gasteiger partial charge in [0.1, 0.15) is 12.3 Å². The molecule has 1 aromatic carbocycles. The van der Waals surface area contributed by atoms with E-state index in [1.807, 2.05) is 31.2 Å². The van der Waals surface area contributed by atoms with Crippen molar-refractivity contribution >= 4 is 17.6 Å². The lowest BCUT2D eigenvalue weighted by molar-refractivity contribution is -0.122. The van der Waals surface area contributed by atoms with Gasteiger partial charge in [-0.1, -0.05) is 0 Å². The van der Waals surface area contributed by atoms with E-state index >= 15 is 0 Å². The quantitative estimate of drug-likeness (QED) is 0.748. The molecule has 31 heavy (non-hydrogen) atoms. The second-order valence-electron chi connectivity index (χ2n) is 7.87. The Hall–Kier alpha value is -3.36. The van der Waals surface area contributed by atoms with Gasteiger partial charge in [0.2, 0.25) is 5.91 Å². The third-order valence-electron chi connectivity index (χ3n) is 5.71. The molecule has 1 unspecified atom stereocenters. The number of nitrogens with zero attached hydrogens (tertiary/aromatic N) is 4. The van der Waals surface area contributed by atoms with Crippen LogP contribution in [0.15, 0.2) is 35.1 Å². The molecule has 1 aliphatic heterocycles. The number of nitrogens with one attached hydrogen (secondary N) is 1. The molecule has 0 radical (unpaired) electrons. The van der Waals surface area contributed by atoms with Crippen molar-refractivity contribution < 1.29 is 14.3 Å². The number of hydrogen-bond acceptors (Lipinski definition) is 5. The van der Waals surface area contributed by atoms with Crippen molar-refractivity contribution in [2.75, 3.05) is 31.1 Å². The highest BCUT2D eigenvalue weighted by molar-refractivity contribution is 5.96. The van der Waals surface area contributed by atoms with Gasteiger partial charge in [0, 0.05) is 37.9 Å². The van der Waals surface area contributed by atoms with Crippen molar-refractivity contribution in [1.82, 2.24) is 20.0 Å². The van der Waals surface area contributed by atoms with Crippen LogP contribution in [0.1, 0.15) is 24.6 Å². The number of aromatic nitrogens is 2. The molecule has 9 nitrogen and oxygen atoms in total. The molecule has 2 aliphatic rings. The highest BCUT2D eigenvalue weighted by Gasteiger charge is 2.31. The highest BCUT2D eigenvalue weighted by Crippen LogP contribution is 2.23. The molecule has 1 atom stereocenters. The molecule has 4 rings (SSSR count). The fraction of sp³-hybridized carbons (Fsp3) is 0.455. The Morgan fingerprint density at radius 3 is 2.74 bits per heavy atom. The first-order valence-corrected chi connectivity index (χ1v) is 10.6. The normalized spacial score (nSPS) is 18.1. The number of anilines is 1. The Labute approximate surface area is 180 Å². The van der Waals surface area contributed by atoms with Crippen LogP contribution in [0.5, 0.6) is 5.75 Å². The molecule has 164 valence electrons. The predicted molar refractivity (Wildman–Crippen MR) is 115 cm³/mol. The predicted octanol–water partition coefficient (Wildman–Crippen LogP) is 1.09. The van der Waals surface area contributed by atoms with Gasteiger partial charge >= 0.3 is 6.03 Å². The van der Waals surface area contributed by atoms with Gasteiger partial charge in [-0.15, -0.1) is 0 Å². The van der Waals surface area contributed by atoms with Gasteiger partial charge in [-0.2, -0.15) is 5.10 Å². The summed E-state index contributed by atoms with van der Waals surface area (Å²) in [6.07, 6.45) is 2.05. The lowest BCUT2D eigenvalue weighted by atomic mass is 9.92. The molecule has 3 amide bonds. The number of urea groups is 1. The molecule has 1 aliphatic carbocycles. The van der Waals surface area contributed by atoms with Crippen molar-refractivity contribution in [1.29, 1.82) is 0 Å². The number of ether oxygens (including phenoxy) is 1. The van der Waals surface area contributed by atoms with Gasteiger partial charge in [0.05, 0.1) is 12.3 Å². The number of carbonyl (C=O) groups is 2. The summed E-state index contributed by atoms with van der Waals surface area (Å²) in [7, 11) is 1.64. The smallest absolute Gasteiger partial charge is 0.325 e. The maximum absolute atomic E-state index is 12.8. The van der Waals surface area contributed by atoms with Crippen molar-refractivity contribution in [3.05, 3.63) is 51.9 Å². The summed E-state index contributed by atoms with van der Waals surface area (Å²) < 4.78 is 6.78. The summed E-state index contributed by atoms with van der Waals surface area (Å²) in [5.74, 6) is 0.573. The fourth-order valence-electron chi connectivity index (χ4n) is 4.11. The van der Waals surface area contributed by atoms with E-state index < -0.39 is 0 Å². The molecule has 2 heterocycles. The summed E-state index contributed by atoms with van der Waals surface area (Å²) in [5.41, 5.74) is 2.43. The zero-order valence-corrected chi connectivity index (χ0v) is 17.8. The molecule has 0 saturated carbocycles. The maximum Gasteiger partial charge on any atom is 0.325 e. The number of fused-ring (bicyclic) bond motifs is 1. The van der Waals surface area contributed by atoms with Gasteiger partial charge in [0.15, 0.2) is 0 Å². The van der Waals surface area contributed by atoms with E-state index in [2.05, 4.69) is 10.4 Å². The van der Waals surface area contributed by atoms with Crippen LogP contribution >= 0.6 is 0 Å². The fourth-order valence-corrected chi connectivity index (χ4v) is 4.11. The number of hydrogen-bond donors (Lipinski definition) is 1. The minimum Gasteiger partial charge on any atom is -0.494 e. The van der Waals surface area contributed by atoms with Crippen LogP contribution < -0.4 is 20.5 Å². The van der Waals surface area contributed by atoms with E-state index in [4.69, 9.17) is 4.74 Å². The first kappa shape index (κ1) is 20.9. The number of aryl methyl sites for hydroxylation is 2. The largest absolute Gasteiger partial charge is 0.494 e. The minimum absolute atomic E-state index is 0.0184. The van der Waals surface area contributed by atoms with Crippen molar-refractivity contribution in [3.8, 4) is 5.75 Å². The lowest BCUT2D eigenvalue weighted by Gasteiger charge is -2.26. The zero-order valence-electron chi connectivity index (χ0n) is 17.8. The van der Waals surface area contributed by atoms with E-state index in [9.17, 15) is 14.4 Å². The van der Waals surface area contributed by atoms with Crippen LogP contribution in [0.4, 0.5) is 10.5 Å². The molecule has 1 N–H and O–H groups in total. The average Bonchev–Trinajstić information content (AvgIpc) is 3.10. The van der Waals surface area contributed by atoms with E-state index in [0.717, 1.165) is 29.1 Å². The van der Waals surface area contributed by atoms with E-state index in [-0.39, 0.29) is 30.1 Å². The number of rotatable bonds is 6. The first-order chi connectivity index (χ1) is 14.9. The van der Waals surface area contributed by atoms with Crippen LogP contribution in [-0.2, 0) is 24.7 Å². The Balaban J connectivity index is 1.32. The molecule has 9 heteroatoms. The summed E-state index contributed by atoms with van der Waals surface area (Å²) in [6, 6.07) is 8.73. The average molecular weight is 425 g/mol. The van der Waals surface area contributed by atoms with Gasteiger partial charge in [0.25, 0.3) is 5.56 Å². The van der Waals surface area contributed by atoms with Crippen molar-refractivity contribution in [3.63, 3.8) is 0 Å². The summed E-state index contributed by atoms with van der Waals surface area (Å²) in [6.45, 7) is 3.55. The van der Waals surface area contributed by atoms with Gasteiger partial charge in [-0.25, -0.2) is 9.48 Å². The van der Waals surface area contributed by atoms with Crippen molar-refractivity contribution in [2.45, 2.75) is 32.2 Å². The summed E-state index contributed by atoms with van der Waals surface area (Å²) in [4.78, 5) is 40.4. The monoisotopic (exact) mass is 425 g/mol. The molecular formula is C22H27N5O4. The maximum atomic E-state index is 12.8. The molecule has 1 fully saturated rings. The molecule has 1 aromatic heterocycles. The number of carbonyl (C=O) groups excluding carboxylic acids is 2. The Kier molecular flexibility index (Phi) is 5.92. The van der Waals surface area contributed by atoms with Crippen LogP contribution in [0, 0.1) is 0 Å². The SMILES string of the molecule is CCOc1ccc(N2CCN(CC(=O)NC3CCc4nn(C)c(=O)cc4C3)C2=O)cc1. The lowest BCUT2D eigenvalue weighted by Crippen LogP contribution is -2.45. The van der Waals surface area contributed by atoms with Crippen LogP contribution in [0.25, 0.3) is 0 Å². The van der Waals surface area contributed by atoms with Crippen LogP contribution in [0.3, 0.4) is 0 Å². The number of benzene rings is 1. The van der Waals surface area contributed by atoms with Crippen LogP contribution in [-0.4, -0.2) is 58.9 Å². The van der Waals surface area contributed by atoms with Gasteiger partial charge < -0.3 is 15.0 Å². The Morgan fingerprint density at radius 1 is 1.23 bits per heavy atom. The molecule has 2 aromatic rings. The highest BCUT2D eigenvalue weighted by atomic mass is 16.5. The zero-order chi connectivity index (χ0) is 22.0.